The molecule has 4 N–H and O–H groups in total. The molecular weight excluding hydrogens is 300 g/mol. The molecule has 1 aromatic rings. The first kappa shape index (κ1) is 17.0. The number of carboxylic acid groups (broad SMARTS) is 1. The summed E-state index contributed by atoms with van der Waals surface area (Å²) < 4.78 is 0. The number of aliphatic carboxylic acids is 1. The van der Waals surface area contributed by atoms with Gasteiger partial charge in [-0.1, -0.05) is 25.3 Å². The van der Waals surface area contributed by atoms with Gasteiger partial charge in [-0.2, -0.15) is 0 Å². The smallest absolute Gasteiger partial charge is 0.303 e. The minimum atomic E-state index is -0.793. The highest BCUT2D eigenvalue weighted by molar-refractivity contribution is 7.09. The van der Waals surface area contributed by atoms with Crippen molar-refractivity contribution in [1.29, 1.82) is 0 Å². The summed E-state index contributed by atoms with van der Waals surface area (Å²) in [6.07, 6.45) is 5.57. The normalized spacial score (nSPS) is 18.6. The van der Waals surface area contributed by atoms with Crippen molar-refractivity contribution in [3.8, 4) is 0 Å². The maximum Gasteiger partial charge on any atom is 0.303 e. The highest BCUT2D eigenvalue weighted by Crippen LogP contribution is 2.38. The van der Waals surface area contributed by atoms with Crippen molar-refractivity contribution >= 4 is 23.2 Å². The van der Waals surface area contributed by atoms with Crippen LogP contribution in [0.1, 0.15) is 43.4 Å². The van der Waals surface area contributed by atoms with Crippen molar-refractivity contribution in [3.63, 3.8) is 0 Å². The van der Waals surface area contributed by atoms with Crippen LogP contribution in [0, 0.1) is 5.41 Å². The van der Waals surface area contributed by atoms with Gasteiger partial charge in [-0.15, -0.1) is 11.3 Å². The predicted molar refractivity (Wildman–Crippen MR) is 86.8 cm³/mol. The first-order valence-corrected chi connectivity index (χ1v) is 8.66. The van der Waals surface area contributed by atoms with Crippen molar-refractivity contribution in [1.82, 2.24) is 5.32 Å². The maximum atomic E-state index is 12.2. The fourth-order valence-electron chi connectivity index (χ4n) is 3.18. The number of hydrogen-bond acceptors (Lipinski definition) is 4. The topological polar surface area (TPSA) is 92.4 Å². The highest BCUT2D eigenvalue weighted by atomic mass is 32.1. The average molecular weight is 324 g/mol. The van der Waals surface area contributed by atoms with Crippen LogP contribution in [0.3, 0.4) is 0 Å². The third-order valence-electron chi connectivity index (χ3n) is 4.42. The number of nitrogens with one attached hydrogen (secondary N) is 1. The summed E-state index contributed by atoms with van der Waals surface area (Å²) in [5.41, 5.74) is 5.64. The van der Waals surface area contributed by atoms with E-state index < -0.39 is 12.0 Å². The summed E-state index contributed by atoms with van der Waals surface area (Å²) in [6, 6.07) is 3.32. The summed E-state index contributed by atoms with van der Waals surface area (Å²) in [6.45, 7) is 0.413. The van der Waals surface area contributed by atoms with Gasteiger partial charge in [0, 0.05) is 17.8 Å². The van der Waals surface area contributed by atoms with Crippen LogP contribution in [0.4, 0.5) is 0 Å². The van der Waals surface area contributed by atoms with E-state index in [1.165, 1.54) is 0 Å². The number of carbonyl (C=O) groups is 2. The van der Waals surface area contributed by atoms with Gasteiger partial charge in [0.05, 0.1) is 12.5 Å². The van der Waals surface area contributed by atoms with Gasteiger partial charge in [-0.25, -0.2) is 0 Å². The lowest BCUT2D eigenvalue weighted by molar-refractivity contribution is -0.140. The Kier molecular flexibility index (Phi) is 5.97. The summed E-state index contributed by atoms with van der Waals surface area (Å²) in [7, 11) is 0. The van der Waals surface area contributed by atoms with E-state index in [0.717, 1.165) is 37.0 Å². The number of carboxylic acids is 1. The van der Waals surface area contributed by atoms with Crippen LogP contribution in [0.5, 0.6) is 0 Å². The van der Waals surface area contributed by atoms with Gasteiger partial charge in [0.1, 0.15) is 0 Å². The molecule has 0 spiro atoms. The number of nitrogens with two attached hydrogens (primary N) is 1. The third-order valence-corrected chi connectivity index (χ3v) is 5.31. The molecule has 0 aliphatic heterocycles. The lowest BCUT2D eigenvalue weighted by Gasteiger charge is -2.36. The van der Waals surface area contributed by atoms with Crippen molar-refractivity contribution in [2.75, 3.05) is 6.54 Å². The monoisotopic (exact) mass is 324 g/mol. The number of hydrogen-bond donors (Lipinski definition) is 3. The lowest BCUT2D eigenvalue weighted by atomic mass is 9.71. The Hall–Kier alpha value is -1.40. The highest BCUT2D eigenvalue weighted by Gasteiger charge is 2.35. The first-order chi connectivity index (χ1) is 10.5. The summed E-state index contributed by atoms with van der Waals surface area (Å²) >= 11 is 1.58. The fourth-order valence-corrected chi connectivity index (χ4v) is 3.95. The van der Waals surface area contributed by atoms with Crippen LogP contribution in [0.25, 0.3) is 0 Å². The molecule has 1 aliphatic rings. The van der Waals surface area contributed by atoms with E-state index in [0.29, 0.717) is 13.0 Å². The van der Waals surface area contributed by atoms with Crippen molar-refractivity contribution < 1.29 is 14.7 Å². The first-order valence-electron chi connectivity index (χ1n) is 7.78. The van der Waals surface area contributed by atoms with Gasteiger partial charge in [-0.3, -0.25) is 9.59 Å². The van der Waals surface area contributed by atoms with E-state index in [9.17, 15) is 9.59 Å². The van der Waals surface area contributed by atoms with E-state index in [2.05, 4.69) is 5.32 Å². The third kappa shape index (κ3) is 4.81. The molecule has 1 amide bonds. The number of carbonyl (C=O) groups excluding carboxylic acids is 1. The minimum Gasteiger partial charge on any atom is -0.481 e. The Bertz CT molecular complexity index is 495. The zero-order valence-electron chi connectivity index (χ0n) is 12.7. The SMILES string of the molecule is N[C@H](Cc1cccs1)C(=O)NCC1(CC(=O)O)CCCCC1. The van der Waals surface area contributed by atoms with Crippen LogP contribution in [-0.4, -0.2) is 29.6 Å². The molecule has 1 heterocycles. The largest absolute Gasteiger partial charge is 0.481 e. The molecule has 122 valence electrons. The van der Waals surface area contributed by atoms with Gasteiger partial charge < -0.3 is 16.2 Å². The Labute approximate surface area is 134 Å². The molecule has 6 heteroatoms. The molecular formula is C16H24N2O3S. The molecule has 2 rings (SSSR count). The fraction of sp³-hybridized carbons (Fsp3) is 0.625. The van der Waals surface area contributed by atoms with Crippen LogP contribution >= 0.6 is 11.3 Å². The Morgan fingerprint density at radius 2 is 2.09 bits per heavy atom. The molecule has 1 aromatic heterocycles. The molecule has 5 nitrogen and oxygen atoms in total. The lowest BCUT2D eigenvalue weighted by Crippen LogP contribution is -2.47. The van der Waals surface area contributed by atoms with Crippen molar-refractivity contribution in [2.24, 2.45) is 11.1 Å². The van der Waals surface area contributed by atoms with E-state index in [4.69, 9.17) is 10.8 Å². The average Bonchev–Trinajstić information content (AvgIpc) is 2.98. The molecule has 0 radical (unpaired) electrons. The quantitative estimate of drug-likeness (QED) is 0.716. The van der Waals surface area contributed by atoms with Gasteiger partial charge in [0.2, 0.25) is 5.91 Å². The zero-order chi connectivity index (χ0) is 16.0. The second kappa shape index (κ2) is 7.74. The summed E-state index contributed by atoms with van der Waals surface area (Å²) in [5.74, 6) is -0.984. The minimum absolute atomic E-state index is 0.118. The Balaban J connectivity index is 1.87. The van der Waals surface area contributed by atoms with Crippen molar-refractivity contribution in [2.45, 2.75) is 51.0 Å². The molecule has 1 saturated carbocycles. The molecule has 1 fully saturated rings. The molecule has 1 atom stereocenters. The molecule has 22 heavy (non-hydrogen) atoms. The Morgan fingerprint density at radius 1 is 1.36 bits per heavy atom. The number of amides is 1. The molecule has 0 saturated heterocycles. The summed E-state index contributed by atoms with van der Waals surface area (Å²) in [4.78, 5) is 24.4. The molecule has 0 unspecified atom stereocenters. The van der Waals surface area contributed by atoms with Crippen molar-refractivity contribution in [3.05, 3.63) is 22.4 Å². The van der Waals surface area contributed by atoms with Gasteiger partial charge >= 0.3 is 5.97 Å². The molecule has 0 bridgehead atoms. The standard InChI is InChI=1S/C16H24N2O3S/c17-13(9-12-5-4-8-22-12)15(21)18-11-16(10-14(19)20)6-2-1-3-7-16/h4-5,8,13H,1-3,6-7,9-11,17H2,(H,18,21)(H,19,20)/t13-/m1/s1. The zero-order valence-corrected chi connectivity index (χ0v) is 13.5. The van der Waals surface area contributed by atoms with Gasteiger partial charge in [0.15, 0.2) is 0 Å². The number of rotatable bonds is 7. The van der Waals surface area contributed by atoms with E-state index >= 15 is 0 Å². The Morgan fingerprint density at radius 3 is 2.68 bits per heavy atom. The van der Waals surface area contributed by atoms with Gasteiger partial charge in [0.25, 0.3) is 0 Å². The van der Waals surface area contributed by atoms with E-state index in [1.54, 1.807) is 11.3 Å². The molecule has 1 aliphatic carbocycles. The second-order valence-corrected chi connectivity index (χ2v) is 7.27. The van der Waals surface area contributed by atoms with Gasteiger partial charge in [-0.05, 0) is 29.7 Å². The maximum absolute atomic E-state index is 12.2. The predicted octanol–water partition coefficient (Wildman–Crippen LogP) is 2.16. The summed E-state index contributed by atoms with van der Waals surface area (Å²) in [5, 5.41) is 14.0. The van der Waals surface area contributed by atoms with Crippen LogP contribution < -0.4 is 11.1 Å². The number of thiophene rings is 1. The van der Waals surface area contributed by atoms with Crippen LogP contribution in [-0.2, 0) is 16.0 Å². The van der Waals surface area contributed by atoms with E-state index in [1.807, 2.05) is 17.5 Å². The second-order valence-electron chi connectivity index (χ2n) is 6.24. The van der Waals surface area contributed by atoms with Crippen LogP contribution in [0.2, 0.25) is 0 Å². The molecule has 0 aromatic carbocycles. The van der Waals surface area contributed by atoms with E-state index in [-0.39, 0.29) is 17.7 Å². The van der Waals surface area contributed by atoms with Crippen LogP contribution in [0.15, 0.2) is 17.5 Å².